The van der Waals surface area contributed by atoms with Crippen molar-refractivity contribution in [2.24, 2.45) is 11.3 Å². The first kappa shape index (κ1) is 22.3. The molecule has 2 saturated heterocycles. The number of carbonyl (C=O) groups excluding carboxylic acids is 2. The van der Waals surface area contributed by atoms with Crippen LogP contribution >= 0.6 is 0 Å². The Morgan fingerprint density at radius 1 is 0.839 bits per heavy atom. The van der Waals surface area contributed by atoms with Gasteiger partial charge >= 0.3 is 0 Å². The Morgan fingerprint density at radius 3 is 1.97 bits per heavy atom. The molecule has 0 unspecified atom stereocenters. The molecule has 0 aromatic heterocycles. The minimum atomic E-state index is -0.305. The minimum absolute atomic E-state index is 0.106. The van der Waals surface area contributed by atoms with E-state index in [0.717, 1.165) is 63.7 Å². The van der Waals surface area contributed by atoms with Crippen molar-refractivity contribution in [3.05, 3.63) is 29.8 Å². The zero-order valence-corrected chi connectivity index (χ0v) is 19.6. The predicted octanol–water partition coefficient (Wildman–Crippen LogP) is 4.22. The van der Waals surface area contributed by atoms with Crippen molar-refractivity contribution in [1.29, 1.82) is 0 Å². The average molecular weight is 426 g/mol. The van der Waals surface area contributed by atoms with E-state index in [1.807, 2.05) is 12.1 Å². The lowest BCUT2D eigenvalue weighted by atomic mass is 9.72. The van der Waals surface area contributed by atoms with Crippen molar-refractivity contribution in [3.8, 4) is 0 Å². The topological polar surface area (TPSA) is 43.9 Å². The summed E-state index contributed by atoms with van der Waals surface area (Å²) in [5.41, 5.74) is 1.63. The monoisotopic (exact) mass is 425 g/mol. The van der Waals surface area contributed by atoms with Gasteiger partial charge in [-0.05, 0) is 62.8 Å². The van der Waals surface area contributed by atoms with E-state index in [1.165, 1.54) is 31.4 Å². The summed E-state index contributed by atoms with van der Waals surface area (Å²) in [6.45, 7) is 11.7. The maximum atomic E-state index is 13.5. The quantitative estimate of drug-likeness (QED) is 0.663. The predicted molar refractivity (Wildman–Crippen MR) is 126 cm³/mol. The number of Topliss-reactive ketones (excluding diaryl/α,β-unsaturated/α-hetero) is 1. The van der Waals surface area contributed by atoms with E-state index in [2.05, 4.69) is 40.7 Å². The Bertz CT molecular complexity index is 766. The summed E-state index contributed by atoms with van der Waals surface area (Å²) in [7, 11) is 0. The molecule has 4 rings (SSSR count). The van der Waals surface area contributed by atoms with Crippen LogP contribution in [0.3, 0.4) is 0 Å². The molecule has 2 heterocycles. The number of carbonyl (C=O) groups is 2. The van der Waals surface area contributed by atoms with E-state index in [1.54, 1.807) is 6.92 Å². The highest BCUT2D eigenvalue weighted by Crippen LogP contribution is 2.38. The SMILES string of the molecule is CC(=O)c1ccc(N2CCC(C(C)(C)C(=O)N3CCN(C4CCCC4)CC3)CC2)cc1. The summed E-state index contributed by atoms with van der Waals surface area (Å²) in [5.74, 6) is 0.873. The van der Waals surface area contributed by atoms with Crippen LogP contribution in [0.25, 0.3) is 0 Å². The van der Waals surface area contributed by atoms with Gasteiger partial charge in [0.05, 0.1) is 0 Å². The van der Waals surface area contributed by atoms with Crippen LogP contribution in [0, 0.1) is 11.3 Å². The highest BCUT2D eigenvalue weighted by molar-refractivity contribution is 5.94. The van der Waals surface area contributed by atoms with Crippen LogP contribution in [0.1, 0.15) is 69.7 Å². The molecule has 0 bridgehead atoms. The van der Waals surface area contributed by atoms with Gasteiger partial charge in [0.15, 0.2) is 5.78 Å². The van der Waals surface area contributed by atoms with Crippen LogP contribution in [0.2, 0.25) is 0 Å². The molecule has 0 atom stereocenters. The Hall–Kier alpha value is -1.88. The Kier molecular flexibility index (Phi) is 6.71. The normalized spacial score (nSPS) is 22.2. The van der Waals surface area contributed by atoms with Gasteiger partial charge in [0, 0.05) is 62.0 Å². The number of amides is 1. The Labute approximate surface area is 187 Å². The van der Waals surface area contributed by atoms with Crippen molar-refractivity contribution in [1.82, 2.24) is 9.80 Å². The van der Waals surface area contributed by atoms with Crippen LogP contribution in [0.5, 0.6) is 0 Å². The van der Waals surface area contributed by atoms with Gasteiger partial charge in [0.25, 0.3) is 0 Å². The van der Waals surface area contributed by atoms with Gasteiger partial charge in [-0.3, -0.25) is 14.5 Å². The van der Waals surface area contributed by atoms with Crippen molar-refractivity contribution < 1.29 is 9.59 Å². The Balaban J connectivity index is 1.30. The fraction of sp³-hybridized carbons (Fsp3) is 0.692. The van der Waals surface area contributed by atoms with Gasteiger partial charge in [-0.1, -0.05) is 26.7 Å². The van der Waals surface area contributed by atoms with Crippen molar-refractivity contribution >= 4 is 17.4 Å². The van der Waals surface area contributed by atoms with Gasteiger partial charge in [0.2, 0.25) is 5.91 Å². The number of hydrogen-bond donors (Lipinski definition) is 0. The van der Waals surface area contributed by atoms with Gasteiger partial charge in [-0.15, -0.1) is 0 Å². The standard InChI is InChI=1S/C26H39N3O2/c1-20(30)21-8-10-24(11-9-21)27-14-12-22(13-15-27)26(2,3)25(31)29-18-16-28(17-19-29)23-6-4-5-7-23/h8-11,22-23H,4-7,12-19H2,1-3H3. The van der Waals surface area contributed by atoms with E-state index < -0.39 is 0 Å². The van der Waals surface area contributed by atoms with Crippen LogP contribution in [-0.2, 0) is 4.79 Å². The molecule has 5 nitrogen and oxygen atoms in total. The number of ketones is 1. The summed E-state index contributed by atoms with van der Waals surface area (Å²) in [5, 5.41) is 0. The third kappa shape index (κ3) is 4.82. The molecule has 0 radical (unpaired) electrons. The first-order valence-corrected chi connectivity index (χ1v) is 12.3. The summed E-state index contributed by atoms with van der Waals surface area (Å²) >= 11 is 0. The van der Waals surface area contributed by atoms with Crippen molar-refractivity contribution in [2.75, 3.05) is 44.2 Å². The average Bonchev–Trinajstić information content (AvgIpc) is 3.34. The number of benzene rings is 1. The molecular formula is C26H39N3O2. The molecule has 3 aliphatic rings. The van der Waals surface area contributed by atoms with Gasteiger partial charge in [-0.2, -0.15) is 0 Å². The molecular weight excluding hydrogens is 386 g/mol. The van der Waals surface area contributed by atoms with Gasteiger partial charge < -0.3 is 9.80 Å². The smallest absolute Gasteiger partial charge is 0.228 e. The van der Waals surface area contributed by atoms with Crippen molar-refractivity contribution in [3.63, 3.8) is 0 Å². The summed E-state index contributed by atoms with van der Waals surface area (Å²) in [6.07, 6.45) is 7.50. The molecule has 3 fully saturated rings. The highest BCUT2D eigenvalue weighted by Gasteiger charge is 2.41. The summed E-state index contributed by atoms with van der Waals surface area (Å²) < 4.78 is 0. The number of piperazine rings is 1. The van der Waals surface area contributed by atoms with E-state index >= 15 is 0 Å². The lowest BCUT2D eigenvalue weighted by Crippen LogP contribution is -2.55. The van der Waals surface area contributed by atoms with E-state index in [-0.39, 0.29) is 11.2 Å². The second kappa shape index (κ2) is 9.32. The molecule has 0 spiro atoms. The van der Waals surface area contributed by atoms with Crippen LogP contribution in [-0.4, -0.2) is 66.8 Å². The zero-order chi connectivity index (χ0) is 22.0. The van der Waals surface area contributed by atoms with Crippen LogP contribution < -0.4 is 4.90 Å². The van der Waals surface area contributed by atoms with Crippen LogP contribution in [0.15, 0.2) is 24.3 Å². The molecule has 1 aliphatic carbocycles. The molecule has 5 heteroatoms. The second-order valence-corrected chi connectivity index (χ2v) is 10.4. The molecule has 1 aromatic carbocycles. The van der Waals surface area contributed by atoms with Crippen molar-refractivity contribution in [2.45, 2.75) is 65.3 Å². The minimum Gasteiger partial charge on any atom is -0.372 e. The fourth-order valence-corrected chi connectivity index (χ4v) is 5.91. The first-order valence-electron chi connectivity index (χ1n) is 12.3. The molecule has 1 aromatic rings. The van der Waals surface area contributed by atoms with E-state index in [9.17, 15) is 9.59 Å². The number of piperidine rings is 1. The molecule has 0 N–H and O–H groups in total. The Morgan fingerprint density at radius 2 is 1.42 bits per heavy atom. The van der Waals surface area contributed by atoms with Gasteiger partial charge in [0.1, 0.15) is 0 Å². The number of rotatable bonds is 5. The largest absolute Gasteiger partial charge is 0.372 e. The lowest BCUT2D eigenvalue weighted by molar-refractivity contribution is -0.146. The van der Waals surface area contributed by atoms with E-state index in [0.29, 0.717) is 11.8 Å². The first-order chi connectivity index (χ1) is 14.9. The third-order valence-electron chi connectivity index (χ3n) is 8.15. The lowest BCUT2D eigenvalue weighted by Gasteiger charge is -2.45. The number of hydrogen-bond acceptors (Lipinski definition) is 4. The maximum absolute atomic E-state index is 13.5. The number of anilines is 1. The molecule has 170 valence electrons. The molecule has 1 saturated carbocycles. The molecule has 1 amide bonds. The highest BCUT2D eigenvalue weighted by atomic mass is 16.2. The van der Waals surface area contributed by atoms with Crippen LogP contribution in [0.4, 0.5) is 5.69 Å². The summed E-state index contributed by atoms with van der Waals surface area (Å²) in [4.78, 5) is 32.1. The fourth-order valence-electron chi connectivity index (χ4n) is 5.91. The summed E-state index contributed by atoms with van der Waals surface area (Å²) in [6, 6.07) is 8.71. The molecule has 2 aliphatic heterocycles. The third-order valence-corrected chi connectivity index (χ3v) is 8.15. The van der Waals surface area contributed by atoms with E-state index in [4.69, 9.17) is 0 Å². The maximum Gasteiger partial charge on any atom is 0.228 e. The zero-order valence-electron chi connectivity index (χ0n) is 19.6. The number of nitrogens with zero attached hydrogens (tertiary/aromatic N) is 3. The molecule has 31 heavy (non-hydrogen) atoms. The second-order valence-electron chi connectivity index (χ2n) is 10.4. The van der Waals surface area contributed by atoms with Gasteiger partial charge in [-0.25, -0.2) is 0 Å².